The number of nitrogens with zero attached hydrogens (tertiary/aromatic N) is 2. The van der Waals surface area contributed by atoms with Gasteiger partial charge in [0.1, 0.15) is 0 Å². The van der Waals surface area contributed by atoms with Crippen LogP contribution < -0.4 is 5.56 Å². The van der Waals surface area contributed by atoms with E-state index in [4.69, 9.17) is 6.57 Å². The highest BCUT2D eigenvalue weighted by Crippen LogP contribution is 2.08. The Kier molecular flexibility index (Phi) is 1.34. The van der Waals surface area contributed by atoms with Gasteiger partial charge in [-0.25, -0.2) is 5.10 Å². The molecule has 1 N–H and O–H groups in total. The zero-order valence-corrected chi connectivity index (χ0v) is 5.80. The smallest absolute Gasteiger partial charge is 0.274 e. The molecule has 10 heavy (non-hydrogen) atoms. The molecule has 4 heteroatoms. The minimum absolute atomic E-state index is 0.133. The van der Waals surface area contributed by atoms with Gasteiger partial charge in [0.15, 0.2) is 0 Å². The molecule has 0 radical (unpaired) electrons. The van der Waals surface area contributed by atoms with Gasteiger partial charge < -0.3 is 4.85 Å². The van der Waals surface area contributed by atoms with Crippen molar-refractivity contribution < 1.29 is 0 Å². The first-order chi connectivity index (χ1) is 4.66. The van der Waals surface area contributed by atoms with Gasteiger partial charge in [0, 0.05) is 12.6 Å². The number of rotatable bonds is 0. The predicted octanol–water partition coefficient (Wildman–Crippen LogP) is 0.573. The van der Waals surface area contributed by atoms with Crippen LogP contribution in [-0.4, -0.2) is 9.78 Å². The minimum atomic E-state index is -0.133. The molecule has 4 nitrogen and oxygen atoms in total. The highest BCUT2D eigenvalue weighted by atomic mass is 16.1. The van der Waals surface area contributed by atoms with Crippen molar-refractivity contribution in [1.29, 1.82) is 0 Å². The van der Waals surface area contributed by atoms with Gasteiger partial charge in [-0.3, -0.25) is 4.79 Å². The molecule has 52 valence electrons. The van der Waals surface area contributed by atoms with Crippen LogP contribution in [0.3, 0.4) is 0 Å². The summed E-state index contributed by atoms with van der Waals surface area (Å²) in [5, 5.41) is 2.61. The van der Waals surface area contributed by atoms with Gasteiger partial charge in [-0.1, -0.05) is 6.57 Å². The van der Waals surface area contributed by atoms with Crippen LogP contribution in [0.15, 0.2) is 4.79 Å². The standard InChI is InChI=1S/C6H7N3O/c1-4-5(7-2)8-9(3)6(4)10/h8H,1,3H3. The Labute approximate surface area is 57.9 Å². The Hall–Kier alpha value is -1.50. The molecular formula is C6H7N3O. The van der Waals surface area contributed by atoms with E-state index in [-0.39, 0.29) is 5.56 Å². The lowest BCUT2D eigenvalue weighted by Crippen LogP contribution is -2.12. The van der Waals surface area contributed by atoms with Crippen LogP contribution in [0.2, 0.25) is 0 Å². The largest absolute Gasteiger partial charge is 0.362 e. The van der Waals surface area contributed by atoms with E-state index in [1.807, 2.05) is 0 Å². The summed E-state index contributed by atoms with van der Waals surface area (Å²) >= 11 is 0. The fourth-order valence-corrected chi connectivity index (χ4v) is 0.755. The fraction of sp³-hybridized carbons (Fsp3) is 0.333. The van der Waals surface area contributed by atoms with E-state index in [2.05, 4.69) is 9.94 Å². The second-order valence-corrected chi connectivity index (χ2v) is 2.06. The normalized spacial score (nSPS) is 9.30. The van der Waals surface area contributed by atoms with E-state index >= 15 is 0 Å². The highest BCUT2D eigenvalue weighted by Gasteiger charge is 2.05. The van der Waals surface area contributed by atoms with Crippen LogP contribution >= 0.6 is 0 Å². The number of aryl methyl sites for hydroxylation is 1. The first-order valence-electron chi connectivity index (χ1n) is 2.80. The number of nitrogens with one attached hydrogen (secondary N) is 1. The molecule has 0 aromatic carbocycles. The third-order valence-corrected chi connectivity index (χ3v) is 1.37. The summed E-state index contributed by atoms with van der Waals surface area (Å²) in [4.78, 5) is 14.1. The summed E-state index contributed by atoms with van der Waals surface area (Å²) < 4.78 is 1.29. The number of hydrogen-bond donors (Lipinski definition) is 1. The van der Waals surface area contributed by atoms with Gasteiger partial charge in [0.2, 0.25) is 0 Å². The number of hydrogen-bond acceptors (Lipinski definition) is 1. The summed E-state index contributed by atoms with van der Waals surface area (Å²) in [6, 6.07) is 0. The van der Waals surface area contributed by atoms with Crippen LogP contribution in [0.4, 0.5) is 5.82 Å². The maximum absolute atomic E-state index is 10.9. The zero-order valence-electron chi connectivity index (χ0n) is 5.80. The Bertz CT molecular complexity index is 339. The molecule has 0 atom stereocenters. The van der Waals surface area contributed by atoms with Gasteiger partial charge in [0.05, 0.1) is 0 Å². The lowest BCUT2D eigenvalue weighted by Gasteiger charge is -1.80. The number of aromatic amines is 1. The molecule has 0 aliphatic carbocycles. The fourth-order valence-electron chi connectivity index (χ4n) is 0.755. The summed E-state index contributed by atoms with van der Waals surface area (Å²) in [5.74, 6) is 0.326. The maximum atomic E-state index is 10.9. The van der Waals surface area contributed by atoms with Gasteiger partial charge in [-0.05, 0) is 6.92 Å². The van der Waals surface area contributed by atoms with E-state index in [0.29, 0.717) is 11.4 Å². The molecule has 0 spiro atoms. The van der Waals surface area contributed by atoms with E-state index < -0.39 is 0 Å². The van der Waals surface area contributed by atoms with Crippen LogP contribution in [0.5, 0.6) is 0 Å². The quantitative estimate of drug-likeness (QED) is 0.522. The second kappa shape index (κ2) is 2.03. The van der Waals surface area contributed by atoms with Crippen molar-refractivity contribution in [3.05, 3.63) is 27.3 Å². The van der Waals surface area contributed by atoms with E-state index in [0.717, 1.165) is 0 Å². The minimum Gasteiger partial charge on any atom is -0.362 e. The summed E-state index contributed by atoms with van der Waals surface area (Å²) in [6.45, 7) is 8.27. The Morgan fingerprint density at radius 2 is 2.30 bits per heavy atom. The topological polar surface area (TPSA) is 42.1 Å². The van der Waals surface area contributed by atoms with Crippen molar-refractivity contribution in [2.75, 3.05) is 0 Å². The summed E-state index contributed by atoms with van der Waals surface area (Å²) in [5.41, 5.74) is 0.350. The van der Waals surface area contributed by atoms with E-state index in [9.17, 15) is 4.79 Å². The lowest BCUT2D eigenvalue weighted by molar-refractivity contribution is 0.743. The van der Waals surface area contributed by atoms with Crippen LogP contribution in [0.25, 0.3) is 4.85 Å². The molecule has 1 rings (SSSR count). The molecule has 0 fully saturated rings. The van der Waals surface area contributed by atoms with Gasteiger partial charge in [-0.15, -0.1) is 0 Å². The zero-order chi connectivity index (χ0) is 7.72. The van der Waals surface area contributed by atoms with Crippen LogP contribution in [0.1, 0.15) is 5.56 Å². The summed E-state index contributed by atoms with van der Waals surface area (Å²) in [6.07, 6.45) is 0. The predicted molar refractivity (Wildman–Crippen MR) is 37.0 cm³/mol. The van der Waals surface area contributed by atoms with Gasteiger partial charge in [0.25, 0.3) is 11.4 Å². The molecule has 0 saturated heterocycles. The Morgan fingerprint density at radius 1 is 1.70 bits per heavy atom. The molecule has 0 unspecified atom stereocenters. The molecule has 0 bridgehead atoms. The Balaban J connectivity index is 3.50. The third kappa shape index (κ3) is 0.722. The van der Waals surface area contributed by atoms with Gasteiger partial charge in [-0.2, -0.15) is 4.68 Å². The van der Waals surface area contributed by atoms with Crippen molar-refractivity contribution in [3.8, 4) is 0 Å². The van der Waals surface area contributed by atoms with Crippen molar-refractivity contribution in [2.24, 2.45) is 7.05 Å². The monoisotopic (exact) mass is 137 g/mol. The van der Waals surface area contributed by atoms with Crippen LogP contribution in [0, 0.1) is 13.5 Å². The summed E-state index contributed by atoms with van der Waals surface area (Å²) in [7, 11) is 1.59. The maximum Gasteiger partial charge on any atom is 0.274 e. The van der Waals surface area contributed by atoms with Crippen LogP contribution in [-0.2, 0) is 7.05 Å². The van der Waals surface area contributed by atoms with E-state index in [1.165, 1.54) is 4.68 Å². The average molecular weight is 137 g/mol. The first-order valence-corrected chi connectivity index (χ1v) is 2.80. The van der Waals surface area contributed by atoms with Crippen molar-refractivity contribution >= 4 is 5.82 Å². The molecule has 0 aliphatic rings. The lowest BCUT2D eigenvalue weighted by atomic mass is 10.4. The Morgan fingerprint density at radius 3 is 2.50 bits per heavy atom. The molecule has 1 aromatic heterocycles. The average Bonchev–Trinajstić information content (AvgIpc) is 2.17. The molecule has 0 aliphatic heterocycles. The highest BCUT2D eigenvalue weighted by molar-refractivity contribution is 5.42. The number of aromatic nitrogens is 2. The third-order valence-electron chi connectivity index (χ3n) is 1.37. The second-order valence-electron chi connectivity index (χ2n) is 2.06. The molecule has 0 amide bonds. The van der Waals surface area contributed by atoms with E-state index in [1.54, 1.807) is 14.0 Å². The number of H-pyrrole nitrogens is 1. The SMILES string of the molecule is [C-]#[N+]c1[nH]n(C)c(=O)c1C. The van der Waals surface area contributed by atoms with Crippen molar-refractivity contribution in [2.45, 2.75) is 6.92 Å². The van der Waals surface area contributed by atoms with Crippen molar-refractivity contribution in [1.82, 2.24) is 9.78 Å². The van der Waals surface area contributed by atoms with Crippen molar-refractivity contribution in [3.63, 3.8) is 0 Å². The molecular weight excluding hydrogens is 130 g/mol. The molecule has 0 saturated carbocycles. The first kappa shape index (κ1) is 6.62. The molecule has 1 heterocycles. The molecule has 1 aromatic rings. The van der Waals surface area contributed by atoms with Gasteiger partial charge >= 0.3 is 0 Å².